The summed E-state index contributed by atoms with van der Waals surface area (Å²) in [5.41, 5.74) is 4.73. The summed E-state index contributed by atoms with van der Waals surface area (Å²) in [5, 5.41) is 0. The quantitative estimate of drug-likeness (QED) is 0.358. The lowest BCUT2D eigenvalue weighted by molar-refractivity contribution is 0.0818. The van der Waals surface area contributed by atoms with Crippen molar-refractivity contribution in [2.45, 2.75) is 91.1 Å². The van der Waals surface area contributed by atoms with Crippen LogP contribution in [-0.2, 0) is 4.74 Å². The summed E-state index contributed by atoms with van der Waals surface area (Å²) in [6.45, 7) is 17.5. The number of nitrogens with zero attached hydrogens (tertiary/aromatic N) is 3. The van der Waals surface area contributed by atoms with Gasteiger partial charge in [0.05, 0.1) is 18.9 Å². The molecule has 0 atom stereocenters. The van der Waals surface area contributed by atoms with Crippen molar-refractivity contribution >= 4 is 23.8 Å². The van der Waals surface area contributed by atoms with E-state index in [1.54, 1.807) is 5.56 Å². The maximum Gasteiger partial charge on any atom is 0.144 e. The van der Waals surface area contributed by atoms with E-state index in [0.29, 0.717) is 17.4 Å². The van der Waals surface area contributed by atoms with Crippen LogP contribution in [0.25, 0.3) is 0 Å². The Bertz CT molecular complexity index is 818. The van der Waals surface area contributed by atoms with E-state index in [2.05, 4.69) is 54.5 Å². The number of piperidine rings is 1. The van der Waals surface area contributed by atoms with Crippen molar-refractivity contribution in [1.82, 2.24) is 4.90 Å². The smallest absolute Gasteiger partial charge is 0.144 e. The molecule has 0 spiro atoms. The minimum absolute atomic E-state index is 0. The van der Waals surface area contributed by atoms with Crippen LogP contribution in [0.15, 0.2) is 12.1 Å². The zero-order valence-corrected chi connectivity index (χ0v) is 25.4. The van der Waals surface area contributed by atoms with Crippen molar-refractivity contribution in [3.63, 3.8) is 0 Å². The molecule has 0 aromatic heterocycles. The van der Waals surface area contributed by atoms with Crippen LogP contribution in [0.2, 0.25) is 0 Å². The number of anilines is 2. The molecule has 2 saturated heterocycles. The van der Waals surface area contributed by atoms with Crippen LogP contribution < -0.4 is 14.5 Å². The Morgan fingerprint density at radius 2 is 1.43 bits per heavy atom. The van der Waals surface area contributed by atoms with Gasteiger partial charge in [0.1, 0.15) is 5.75 Å². The second kappa shape index (κ2) is 13.8. The minimum atomic E-state index is 0. The number of halogens is 1. The van der Waals surface area contributed by atoms with E-state index in [9.17, 15) is 0 Å². The van der Waals surface area contributed by atoms with Crippen molar-refractivity contribution in [3.8, 4) is 5.75 Å². The van der Waals surface area contributed by atoms with E-state index in [1.165, 1.54) is 69.5 Å². The molecule has 4 rings (SSSR count). The highest BCUT2D eigenvalue weighted by Gasteiger charge is 2.33. The maximum absolute atomic E-state index is 6.05. The van der Waals surface area contributed by atoms with E-state index < -0.39 is 0 Å². The number of ether oxygens (including phenoxy) is 2. The van der Waals surface area contributed by atoms with Gasteiger partial charge in [0.25, 0.3) is 0 Å². The summed E-state index contributed by atoms with van der Waals surface area (Å²) >= 11 is 0. The van der Waals surface area contributed by atoms with Gasteiger partial charge >= 0.3 is 0 Å². The van der Waals surface area contributed by atoms with Crippen molar-refractivity contribution < 1.29 is 9.47 Å². The zero-order chi connectivity index (χ0) is 25.7. The zero-order valence-electron chi connectivity index (χ0n) is 24.6. The Kier molecular flexibility index (Phi) is 11.3. The Morgan fingerprint density at radius 3 is 1.97 bits per heavy atom. The number of rotatable bonds is 8. The summed E-state index contributed by atoms with van der Waals surface area (Å²) < 4.78 is 11.7. The van der Waals surface area contributed by atoms with Crippen molar-refractivity contribution in [1.29, 1.82) is 0 Å². The minimum Gasteiger partial charge on any atom is -0.495 e. The van der Waals surface area contributed by atoms with E-state index in [1.807, 2.05) is 14.2 Å². The molecule has 0 N–H and O–H groups in total. The molecule has 1 aromatic rings. The Labute approximate surface area is 233 Å². The van der Waals surface area contributed by atoms with E-state index >= 15 is 0 Å². The second-order valence-electron chi connectivity index (χ2n) is 12.6. The molecule has 0 bridgehead atoms. The fourth-order valence-corrected chi connectivity index (χ4v) is 6.78. The van der Waals surface area contributed by atoms with Gasteiger partial charge in [0.2, 0.25) is 0 Å². The Balaban J connectivity index is 0.00000380. The number of methoxy groups -OCH3 is 2. The summed E-state index contributed by atoms with van der Waals surface area (Å²) in [6, 6.07) is 4.93. The largest absolute Gasteiger partial charge is 0.495 e. The molecule has 3 aliphatic rings. The molecule has 1 aromatic carbocycles. The van der Waals surface area contributed by atoms with Gasteiger partial charge < -0.3 is 19.3 Å². The number of benzene rings is 1. The molecule has 6 heteroatoms. The third-order valence-electron chi connectivity index (χ3n) is 9.38. The standard InChI is InChI=1S/C31H53N3O2.ClH/c1-7-8-15-32-18-20-34(21-19-32)28-23-30(36-6)29(33-16-13-26(35-5)14-17-33)22-27(28)24-9-11-25(12-10-24)31(2,3)4;/h22-26H,7-21H2,1-6H3;1H. The number of piperazine rings is 1. The highest BCUT2D eigenvalue weighted by Crippen LogP contribution is 2.48. The molecule has 2 heterocycles. The molecule has 1 saturated carbocycles. The third-order valence-corrected chi connectivity index (χ3v) is 9.38. The summed E-state index contributed by atoms with van der Waals surface area (Å²) in [4.78, 5) is 7.86. The van der Waals surface area contributed by atoms with Gasteiger partial charge in [-0.15, -0.1) is 12.4 Å². The highest BCUT2D eigenvalue weighted by molar-refractivity contribution is 5.85. The van der Waals surface area contributed by atoms with Gasteiger partial charge in [-0.2, -0.15) is 0 Å². The van der Waals surface area contributed by atoms with Crippen LogP contribution in [0.3, 0.4) is 0 Å². The maximum atomic E-state index is 6.05. The van der Waals surface area contributed by atoms with Crippen LogP contribution in [0.4, 0.5) is 11.4 Å². The topological polar surface area (TPSA) is 28.2 Å². The van der Waals surface area contributed by atoms with Gasteiger partial charge in [-0.3, -0.25) is 4.90 Å². The van der Waals surface area contributed by atoms with Gasteiger partial charge in [0, 0.05) is 58.1 Å². The third kappa shape index (κ3) is 7.48. The first kappa shape index (κ1) is 30.4. The molecule has 3 fully saturated rings. The van der Waals surface area contributed by atoms with E-state index in [4.69, 9.17) is 9.47 Å². The van der Waals surface area contributed by atoms with Gasteiger partial charge in [-0.25, -0.2) is 0 Å². The van der Waals surface area contributed by atoms with Crippen molar-refractivity contribution in [3.05, 3.63) is 17.7 Å². The highest BCUT2D eigenvalue weighted by atomic mass is 35.5. The number of unbranched alkanes of at least 4 members (excludes halogenated alkanes) is 1. The second-order valence-corrected chi connectivity index (χ2v) is 12.6. The predicted molar refractivity (Wildman–Crippen MR) is 160 cm³/mol. The molecule has 2 aliphatic heterocycles. The molecular formula is C31H54ClN3O2. The SMILES string of the molecule is CCCCN1CCN(c2cc(OC)c(N3CCC(OC)CC3)cc2C2CCC(C(C)(C)C)CC2)CC1.Cl. The van der Waals surface area contributed by atoms with Gasteiger partial charge in [-0.05, 0) is 80.4 Å². The monoisotopic (exact) mass is 535 g/mol. The van der Waals surface area contributed by atoms with E-state index in [0.717, 1.165) is 50.7 Å². The van der Waals surface area contributed by atoms with Crippen molar-refractivity contribution in [2.75, 3.05) is 69.8 Å². The fraction of sp³-hybridized carbons (Fsp3) is 0.806. The first-order valence-electron chi connectivity index (χ1n) is 14.8. The molecule has 5 nitrogen and oxygen atoms in total. The summed E-state index contributed by atoms with van der Waals surface area (Å²) in [7, 11) is 3.70. The van der Waals surface area contributed by atoms with Gasteiger partial charge in [0.15, 0.2) is 0 Å². The lowest BCUT2D eigenvalue weighted by Gasteiger charge is -2.41. The molecule has 1 aliphatic carbocycles. The average molecular weight is 536 g/mol. The summed E-state index contributed by atoms with van der Waals surface area (Å²) in [5.74, 6) is 2.53. The number of hydrogen-bond donors (Lipinski definition) is 0. The Hall–Kier alpha value is -1.17. The van der Waals surface area contributed by atoms with Crippen molar-refractivity contribution in [2.24, 2.45) is 11.3 Å². The molecule has 0 amide bonds. The lowest BCUT2D eigenvalue weighted by Crippen LogP contribution is -2.47. The van der Waals surface area contributed by atoms with Crippen LogP contribution in [0, 0.1) is 11.3 Å². The summed E-state index contributed by atoms with van der Waals surface area (Å²) in [6.07, 6.45) is 10.5. The molecule has 37 heavy (non-hydrogen) atoms. The lowest BCUT2D eigenvalue weighted by atomic mass is 9.68. The van der Waals surface area contributed by atoms with E-state index in [-0.39, 0.29) is 12.4 Å². The molecule has 0 unspecified atom stereocenters. The van der Waals surface area contributed by atoms with Crippen LogP contribution in [-0.4, -0.2) is 71.0 Å². The van der Waals surface area contributed by atoms with Crippen LogP contribution in [0.1, 0.15) is 90.5 Å². The molecular weight excluding hydrogens is 482 g/mol. The van der Waals surface area contributed by atoms with Crippen LogP contribution in [0.5, 0.6) is 5.75 Å². The number of hydrogen-bond acceptors (Lipinski definition) is 5. The first-order valence-corrected chi connectivity index (χ1v) is 14.8. The first-order chi connectivity index (χ1) is 17.3. The Morgan fingerprint density at radius 1 is 0.811 bits per heavy atom. The van der Waals surface area contributed by atoms with Gasteiger partial charge in [-0.1, -0.05) is 34.1 Å². The van der Waals surface area contributed by atoms with Crippen LogP contribution >= 0.6 is 12.4 Å². The normalized spacial score (nSPS) is 24.2. The molecule has 212 valence electrons. The average Bonchev–Trinajstić information content (AvgIpc) is 2.91. The molecule has 0 radical (unpaired) electrons. The fourth-order valence-electron chi connectivity index (χ4n) is 6.78. The predicted octanol–water partition coefficient (Wildman–Crippen LogP) is 6.97.